The SMILES string of the molecule is C1CN(C[C@@H]2CCOC2)Cc2c(COCC3CC3)nnn2C1. The second-order valence-electron chi connectivity index (χ2n) is 6.98. The maximum Gasteiger partial charge on any atom is 0.113 e. The zero-order chi connectivity index (χ0) is 14.8. The molecule has 2 fully saturated rings. The molecular weight excluding hydrogens is 280 g/mol. The number of aromatic nitrogens is 3. The van der Waals surface area contributed by atoms with Crippen LogP contribution in [0.3, 0.4) is 0 Å². The minimum Gasteiger partial charge on any atom is -0.381 e. The Morgan fingerprint density at radius 1 is 1.18 bits per heavy atom. The Hall–Kier alpha value is -0.980. The first kappa shape index (κ1) is 14.6. The highest BCUT2D eigenvalue weighted by Crippen LogP contribution is 2.29. The van der Waals surface area contributed by atoms with Gasteiger partial charge in [0.2, 0.25) is 0 Å². The molecule has 0 amide bonds. The van der Waals surface area contributed by atoms with E-state index in [1.54, 1.807) is 0 Å². The molecule has 1 saturated heterocycles. The lowest BCUT2D eigenvalue weighted by Gasteiger charge is -2.22. The van der Waals surface area contributed by atoms with E-state index in [2.05, 4.69) is 19.9 Å². The lowest BCUT2D eigenvalue weighted by Crippen LogP contribution is -2.30. The third kappa shape index (κ3) is 3.50. The summed E-state index contributed by atoms with van der Waals surface area (Å²) < 4.78 is 13.4. The molecule has 22 heavy (non-hydrogen) atoms. The van der Waals surface area contributed by atoms with E-state index in [4.69, 9.17) is 9.47 Å². The molecule has 4 rings (SSSR count). The van der Waals surface area contributed by atoms with Crippen molar-refractivity contribution < 1.29 is 9.47 Å². The zero-order valence-corrected chi connectivity index (χ0v) is 13.2. The van der Waals surface area contributed by atoms with Gasteiger partial charge in [-0.1, -0.05) is 5.21 Å². The molecule has 3 heterocycles. The number of hydrogen-bond donors (Lipinski definition) is 0. The number of nitrogens with zero attached hydrogens (tertiary/aromatic N) is 4. The molecule has 1 aromatic heterocycles. The number of aryl methyl sites for hydroxylation is 1. The molecule has 1 saturated carbocycles. The second-order valence-corrected chi connectivity index (χ2v) is 6.98. The average molecular weight is 306 g/mol. The van der Waals surface area contributed by atoms with Crippen molar-refractivity contribution in [2.75, 3.05) is 32.9 Å². The highest BCUT2D eigenvalue weighted by molar-refractivity contribution is 5.10. The van der Waals surface area contributed by atoms with E-state index < -0.39 is 0 Å². The summed E-state index contributed by atoms with van der Waals surface area (Å²) in [5, 5.41) is 8.69. The summed E-state index contributed by atoms with van der Waals surface area (Å²) >= 11 is 0. The van der Waals surface area contributed by atoms with Gasteiger partial charge in [-0.2, -0.15) is 0 Å². The molecule has 3 aliphatic rings. The van der Waals surface area contributed by atoms with Crippen LogP contribution in [0.1, 0.15) is 37.1 Å². The van der Waals surface area contributed by atoms with Gasteiger partial charge in [-0.3, -0.25) is 4.90 Å². The average Bonchev–Trinajstić information content (AvgIpc) is 3.13. The van der Waals surface area contributed by atoms with Crippen molar-refractivity contribution in [3.8, 4) is 0 Å². The predicted octanol–water partition coefficient (Wildman–Crippen LogP) is 1.45. The normalized spacial score (nSPS) is 26.1. The molecule has 6 heteroatoms. The van der Waals surface area contributed by atoms with Gasteiger partial charge in [-0.25, -0.2) is 4.68 Å². The van der Waals surface area contributed by atoms with Crippen LogP contribution in [-0.2, 0) is 29.2 Å². The molecule has 2 aliphatic heterocycles. The van der Waals surface area contributed by atoms with Crippen molar-refractivity contribution >= 4 is 0 Å². The summed E-state index contributed by atoms with van der Waals surface area (Å²) in [6.07, 6.45) is 5.01. The molecule has 0 spiro atoms. The van der Waals surface area contributed by atoms with Crippen LogP contribution in [0, 0.1) is 11.8 Å². The minimum atomic E-state index is 0.617. The van der Waals surface area contributed by atoms with Crippen molar-refractivity contribution in [2.45, 2.75) is 45.4 Å². The van der Waals surface area contributed by atoms with Gasteiger partial charge in [0.1, 0.15) is 5.69 Å². The highest BCUT2D eigenvalue weighted by atomic mass is 16.5. The van der Waals surface area contributed by atoms with Crippen molar-refractivity contribution in [1.82, 2.24) is 19.9 Å². The number of ether oxygens (including phenoxy) is 2. The molecule has 0 N–H and O–H groups in total. The monoisotopic (exact) mass is 306 g/mol. The fraction of sp³-hybridized carbons (Fsp3) is 0.875. The fourth-order valence-electron chi connectivity index (χ4n) is 3.42. The van der Waals surface area contributed by atoms with Gasteiger partial charge in [-0.05, 0) is 37.5 Å². The summed E-state index contributed by atoms with van der Waals surface area (Å²) in [7, 11) is 0. The van der Waals surface area contributed by atoms with Gasteiger partial charge >= 0.3 is 0 Å². The van der Waals surface area contributed by atoms with Gasteiger partial charge < -0.3 is 9.47 Å². The molecule has 6 nitrogen and oxygen atoms in total. The fourth-order valence-corrected chi connectivity index (χ4v) is 3.42. The summed E-state index contributed by atoms with van der Waals surface area (Å²) in [4.78, 5) is 2.55. The van der Waals surface area contributed by atoms with E-state index in [-0.39, 0.29) is 0 Å². The topological polar surface area (TPSA) is 52.4 Å². The Kier molecular flexibility index (Phi) is 4.41. The van der Waals surface area contributed by atoms with E-state index in [9.17, 15) is 0 Å². The van der Waals surface area contributed by atoms with E-state index >= 15 is 0 Å². The van der Waals surface area contributed by atoms with Crippen LogP contribution in [-0.4, -0.2) is 52.8 Å². The summed E-state index contributed by atoms with van der Waals surface area (Å²) in [5.41, 5.74) is 2.29. The Morgan fingerprint density at radius 3 is 2.95 bits per heavy atom. The molecule has 0 unspecified atom stereocenters. The Balaban J connectivity index is 1.38. The molecule has 1 aromatic rings. The number of rotatable bonds is 6. The van der Waals surface area contributed by atoms with Gasteiger partial charge in [0.15, 0.2) is 0 Å². The van der Waals surface area contributed by atoms with Crippen molar-refractivity contribution in [3.63, 3.8) is 0 Å². The Bertz CT molecular complexity index is 494. The maximum absolute atomic E-state index is 5.82. The molecule has 0 radical (unpaired) electrons. The Labute approximate surface area is 131 Å². The maximum atomic E-state index is 5.82. The Morgan fingerprint density at radius 2 is 2.14 bits per heavy atom. The smallest absolute Gasteiger partial charge is 0.113 e. The lowest BCUT2D eigenvalue weighted by atomic mass is 10.1. The van der Waals surface area contributed by atoms with Crippen molar-refractivity contribution in [1.29, 1.82) is 0 Å². The standard InChI is InChI=1S/C16H26N4O2/c1-5-19(8-14-4-7-21-11-14)9-16-15(17-18-20(16)6-1)12-22-10-13-2-3-13/h13-14H,1-12H2/t14-/m0/s1. The van der Waals surface area contributed by atoms with Crippen molar-refractivity contribution in [3.05, 3.63) is 11.4 Å². The largest absolute Gasteiger partial charge is 0.381 e. The van der Waals surface area contributed by atoms with E-state index in [0.717, 1.165) is 64.0 Å². The number of fused-ring (bicyclic) bond motifs is 1. The minimum absolute atomic E-state index is 0.617. The van der Waals surface area contributed by atoms with Crippen LogP contribution in [0.2, 0.25) is 0 Å². The molecule has 122 valence electrons. The first-order chi connectivity index (χ1) is 10.9. The van der Waals surface area contributed by atoms with Gasteiger partial charge in [0.25, 0.3) is 0 Å². The summed E-state index contributed by atoms with van der Waals surface area (Å²) in [6, 6.07) is 0. The first-order valence-electron chi connectivity index (χ1n) is 8.67. The molecule has 1 aliphatic carbocycles. The van der Waals surface area contributed by atoms with Gasteiger partial charge in [-0.15, -0.1) is 5.10 Å². The van der Waals surface area contributed by atoms with Gasteiger partial charge in [0.05, 0.1) is 18.9 Å². The van der Waals surface area contributed by atoms with Gasteiger partial charge in [0, 0.05) is 39.4 Å². The van der Waals surface area contributed by atoms with E-state index in [0.29, 0.717) is 12.5 Å². The first-order valence-corrected chi connectivity index (χ1v) is 8.67. The molecule has 0 bridgehead atoms. The predicted molar refractivity (Wildman–Crippen MR) is 81.2 cm³/mol. The highest BCUT2D eigenvalue weighted by Gasteiger charge is 2.25. The van der Waals surface area contributed by atoms with Crippen LogP contribution < -0.4 is 0 Å². The van der Waals surface area contributed by atoms with Crippen LogP contribution >= 0.6 is 0 Å². The second kappa shape index (κ2) is 6.64. The van der Waals surface area contributed by atoms with Crippen LogP contribution in [0.5, 0.6) is 0 Å². The zero-order valence-electron chi connectivity index (χ0n) is 13.2. The van der Waals surface area contributed by atoms with Crippen LogP contribution in [0.4, 0.5) is 0 Å². The van der Waals surface area contributed by atoms with Crippen molar-refractivity contribution in [2.24, 2.45) is 11.8 Å². The molecular formula is C16H26N4O2. The molecule has 1 atom stereocenters. The molecule has 0 aromatic carbocycles. The third-order valence-corrected chi connectivity index (χ3v) is 4.97. The summed E-state index contributed by atoms with van der Waals surface area (Å²) in [6.45, 7) is 7.55. The quantitative estimate of drug-likeness (QED) is 0.796. The lowest BCUT2D eigenvalue weighted by molar-refractivity contribution is 0.107. The number of hydrogen-bond acceptors (Lipinski definition) is 5. The van der Waals surface area contributed by atoms with Crippen LogP contribution in [0.25, 0.3) is 0 Å². The summed E-state index contributed by atoms with van der Waals surface area (Å²) in [5.74, 6) is 1.49. The van der Waals surface area contributed by atoms with E-state index in [1.807, 2.05) is 0 Å². The van der Waals surface area contributed by atoms with Crippen LogP contribution in [0.15, 0.2) is 0 Å². The van der Waals surface area contributed by atoms with E-state index in [1.165, 1.54) is 25.0 Å². The third-order valence-electron chi connectivity index (χ3n) is 4.97.